The average molecular weight is 503 g/mol. The van der Waals surface area contributed by atoms with Crippen molar-refractivity contribution in [2.24, 2.45) is 5.73 Å². The maximum absolute atomic E-state index is 12.4. The summed E-state index contributed by atoms with van der Waals surface area (Å²) in [6, 6.07) is 5.84. The number of fused-ring (bicyclic) bond motifs is 1. The molecule has 2 amide bonds. The van der Waals surface area contributed by atoms with Gasteiger partial charge in [-0.3, -0.25) is 14.3 Å². The van der Waals surface area contributed by atoms with E-state index in [-0.39, 0.29) is 30.1 Å². The fourth-order valence-corrected chi connectivity index (χ4v) is 4.72. The van der Waals surface area contributed by atoms with Gasteiger partial charge in [-0.1, -0.05) is 0 Å². The van der Waals surface area contributed by atoms with Crippen molar-refractivity contribution >= 4 is 22.6 Å². The van der Waals surface area contributed by atoms with Crippen LogP contribution in [0.2, 0.25) is 0 Å². The van der Waals surface area contributed by atoms with Gasteiger partial charge in [0.25, 0.3) is 5.91 Å². The first-order valence-corrected chi connectivity index (χ1v) is 12.6. The summed E-state index contributed by atoms with van der Waals surface area (Å²) in [4.78, 5) is 31.0. The monoisotopic (exact) mass is 502 g/mol. The van der Waals surface area contributed by atoms with Gasteiger partial charge >= 0.3 is 0 Å². The van der Waals surface area contributed by atoms with Crippen molar-refractivity contribution in [1.29, 1.82) is 5.26 Å². The predicted octanol–water partition coefficient (Wildman–Crippen LogP) is 3.60. The van der Waals surface area contributed by atoms with Crippen molar-refractivity contribution < 1.29 is 19.1 Å². The average Bonchev–Trinajstić information content (AvgIpc) is 3.60. The first-order valence-electron chi connectivity index (χ1n) is 12.6. The number of hydrogen-bond acceptors (Lipinski definition) is 7. The molecular formula is C27H30N6O4. The molecule has 1 unspecified atom stereocenters. The summed E-state index contributed by atoms with van der Waals surface area (Å²) in [5.74, 6) is -0.0368. The van der Waals surface area contributed by atoms with Crippen LogP contribution in [0.15, 0.2) is 30.7 Å². The Morgan fingerprint density at radius 1 is 1.22 bits per heavy atom. The van der Waals surface area contributed by atoms with Crippen LogP contribution in [-0.2, 0) is 4.79 Å². The first kappa shape index (κ1) is 24.6. The van der Waals surface area contributed by atoms with Crippen LogP contribution in [0.5, 0.6) is 11.6 Å². The third-order valence-corrected chi connectivity index (χ3v) is 6.65. The summed E-state index contributed by atoms with van der Waals surface area (Å²) >= 11 is 0. The van der Waals surface area contributed by atoms with Gasteiger partial charge in [0.1, 0.15) is 18.3 Å². The molecule has 0 bridgehead atoms. The Bertz CT molecular complexity index is 1390. The molecule has 3 heterocycles. The van der Waals surface area contributed by atoms with Crippen molar-refractivity contribution in [2.45, 2.75) is 64.2 Å². The Hall–Kier alpha value is -4.13. The van der Waals surface area contributed by atoms with Gasteiger partial charge in [0.05, 0.1) is 36.5 Å². The van der Waals surface area contributed by atoms with E-state index in [4.69, 9.17) is 20.5 Å². The first-order chi connectivity index (χ1) is 17.8. The molecule has 1 aromatic carbocycles. The number of hydrogen-bond donors (Lipinski definition) is 1. The maximum Gasteiger partial charge on any atom is 0.252 e. The lowest BCUT2D eigenvalue weighted by Gasteiger charge is -2.32. The van der Waals surface area contributed by atoms with Gasteiger partial charge in [-0.2, -0.15) is 10.4 Å². The Morgan fingerprint density at radius 3 is 2.73 bits per heavy atom. The second kappa shape index (κ2) is 10.1. The van der Waals surface area contributed by atoms with Crippen molar-refractivity contribution in [1.82, 2.24) is 19.7 Å². The molecule has 2 N–H and O–H groups in total. The number of carbonyl (C=O) groups is 2. The van der Waals surface area contributed by atoms with Crippen LogP contribution in [0.4, 0.5) is 0 Å². The van der Waals surface area contributed by atoms with Crippen molar-refractivity contribution in [3.05, 3.63) is 36.3 Å². The third kappa shape index (κ3) is 5.21. The molecule has 2 fully saturated rings. The summed E-state index contributed by atoms with van der Waals surface area (Å²) in [7, 11) is 0. The molecule has 0 radical (unpaired) electrons. The number of nitriles is 1. The van der Waals surface area contributed by atoms with E-state index in [1.165, 1.54) is 0 Å². The van der Waals surface area contributed by atoms with Crippen LogP contribution < -0.4 is 15.2 Å². The standard InChI is InChI=1S/C27H30N6O4/c1-16(2)36-24-11-21-20(10-22(24)26(29)35)23(17-12-31-33(14-17)18-5-6-18)13-30-27(21)37-19-4-3-9-32(15-19)25(34)7-8-28/h10-14,16,18-19H,3-7,9,15H2,1-2H3,(H2,29,35). The third-order valence-electron chi connectivity index (χ3n) is 6.65. The van der Waals surface area contributed by atoms with E-state index < -0.39 is 5.91 Å². The summed E-state index contributed by atoms with van der Waals surface area (Å²) in [5.41, 5.74) is 7.70. The molecule has 0 spiro atoms. The molecule has 192 valence electrons. The van der Waals surface area contributed by atoms with Crippen molar-refractivity contribution in [3.8, 4) is 28.8 Å². The number of piperidine rings is 1. The van der Waals surface area contributed by atoms with Gasteiger partial charge in [0.15, 0.2) is 0 Å². The number of aromatic nitrogens is 3. The van der Waals surface area contributed by atoms with E-state index in [1.54, 1.807) is 29.4 Å². The molecule has 2 aromatic heterocycles. The van der Waals surface area contributed by atoms with Crippen LogP contribution in [0.3, 0.4) is 0 Å². The van der Waals surface area contributed by atoms with E-state index in [0.29, 0.717) is 36.1 Å². The quantitative estimate of drug-likeness (QED) is 0.497. The topological polar surface area (TPSA) is 136 Å². The molecule has 1 aliphatic heterocycles. The minimum absolute atomic E-state index is 0.150. The Kier molecular flexibility index (Phi) is 6.70. The number of carbonyl (C=O) groups excluding carboxylic acids is 2. The second-order valence-electron chi connectivity index (χ2n) is 9.90. The lowest BCUT2D eigenvalue weighted by Crippen LogP contribution is -2.44. The van der Waals surface area contributed by atoms with Gasteiger partial charge in [-0.05, 0) is 57.0 Å². The van der Waals surface area contributed by atoms with E-state index in [0.717, 1.165) is 42.2 Å². The van der Waals surface area contributed by atoms with Crippen molar-refractivity contribution in [2.75, 3.05) is 13.1 Å². The largest absolute Gasteiger partial charge is 0.490 e. The highest BCUT2D eigenvalue weighted by Gasteiger charge is 2.28. The number of nitrogens with two attached hydrogens (primary N) is 1. The number of pyridine rings is 1. The summed E-state index contributed by atoms with van der Waals surface area (Å²) in [6.45, 7) is 4.74. The molecule has 3 aromatic rings. The minimum atomic E-state index is -0.588. The number of rotatable bonds is 8. The highest BCUT2D eigenvalue weighted by molar-refractivity contribution is 6.06. The summed E-state index contributed by atoms with van der Waals surface area (Å²) in [5, 5.41) is 14.8. The number of nitrogens with zero attached hydrogens (tertiary/aromatic N) is 5. The maximum atomic E-state index is 12.4. The molecule has 10 nitrogen and oxygen atoms in total. The van der Waals surface area contributed by atoms with Gasteiger partial charge in [-0.15, -0.1) is 0 Å². The fraction of sp³-hybridized carbons (Fsp3) is 0.444. The zero-order valence-corrected chi connectivity index (χ0v) is 21.0. The van der Waals surface area contributed by atoms with E-state index in [9.17, 15) is 9.59 Å². The molecule has 1 saturated carbocycles. The fourth-order valence-electron chi connectivity index (χ4n) is 4.72. The number of likely N-dealkylation sites (tertiary alicyclic amines) is 1. The Morgan fingerprint density at radius 2 is 2.03 bits per heavy atom. The number of benzene rings is 1. The molecule has 2 aliphatic rings. The minimum Gasteiger partial charge on any atom is -0.490 e. The highest BCUT2D eigenvalue weighted by Crippen LogP contribution is 2.40. The van der Waals surface area contributed by atoms with Crippen LogP contribution in [0.1, 0.15) is 62.4 Å². The van der Waals surface area contributed by atoms with Crippen LogP contribution in [0.25, 0.3) is 21.9 Å². The molecule has 1 aliphatic carbocycles. The zero-order chi connectivity index (χ0) is 26.1. The van der Waals surface area contributed by atoms with Gasteiger partial charge in [0, 0.05) is 35.5 Å². The van der Waals surface area contributed by atoms with Crippen molar-refractivity contribution in [3.63, 3.8) is 0 Å². The number of primary amides is 1. The second-order valence-corrected chi connectivity index (χ2v) is 9.90. The molecule has 10 heteroatoms. The van der Waals surface area contributed by atoms with Crippen LogP contribution in [-0.4, -0.2) is 56.8 Å². The molecular weight excluding hydrogens is 472 g/mol. The molecule has 1 atom stereocenters. The lowest BCUT2D eigenvalue weighted by molar-refractivity contribution is -0.132. The lowest BCUT2D eigenvalue weighted by atomic mass is 9.99. The highest BCUT2D eigenvalue weighted by atomic mass is 16.5. The molecule has 37 heavy (non-hydrogen) atoms. The normalized spacial score (nSPS) is 17.6. The Labute approximate surface area is 215 Å². The SMILES string of the molecule is CC(C)Oc1cc2c(OC3CCCN(C(=O)CC#N)C3)ncc(-c3cnn(C4CC4)c3)c2cc1C(N)=O. The number of amides is 2. The van der Waals surface area contributed by atoms with E-state index in [2.05, 4.69) is 10.1 Å². The zero-order valence-electron chi connectivity index (χ0n) is 21.0. The molecule has 5 rings (SSSR count). The predicted molar refractivity (Wildman–Crippen MR) is 136 cm³/mol. The van der Waals surface area contributed by atoms with Crippen LogP contribution >= 0.6 is 0 Å². The van der Waals surface area contributed by atoms with E-state index in [1.807, 2.05) is 30.8 Å². The molecule has 1 saturated heterocycles. The van der Waals surface area contributed by atoms with Gasteiger partial charge < -0.3 is 20.1 Å². The van der Waals surface area contributed by atoms with Gasteiger partial charge in [0.2, 0.25) is 11.8 Å². The van der Waals surface area contributed by atoms with Gasteiger partial charge in [-0.25, -0.2) is 4.98 Å². The summed E-state index contributed by atoms with van der Waals surface area (Å²) < 4.78 is 14.3. The smallest absolute Gasteiger partial charge is 0.252 e. The van der Waals surface area contributed by atoms with Crippen LogP contribution in [0, 0.1) is 11.3 Å². The number of ether oxygens (including phenoxy) is 2. The Balaban J connectivity index is 1.57. The summed E-state index contributed by atoms with van der Waals surface area (Å²) in [6.07, 6.45) is 8.68. The van der Waals surface area contributed by atoms with E-state index >= 15 is 0 Å².